The van der Waals surface area contributed by atoms with Crippen molar-refractivity contribution < 1.29 is 14.3 Å². The molecule has 2 rings (SSSR count). The lowest BCUT2D eigenvalue weighted by Crippen LogP contribution is -2.09. The summed E-state index contributed by atoms with van der Waals surface area (Å²) in [6, 6.07) is 6.46. The van der Waals surface area contributed by atoms with E-state index in [1.807, 2.05) is 0 Å². The molecule has 0 saturated carbocycles. The summed E-state index contributed by atoms with van der Waals surface area (Å²) in [5, 5.41) is 16.9. The lowest BCUT2D eigenvalue weighted by molar-refractivity contribution is 0.0697. The second-order valence-corrected chi connectivity index (χ2v) is 5.62. The van der Waals surface area contributed by atoms with Crippen LogP contribution in [0.4, 0.5) is 0 Å². The highest BCUT2D eigenvalue weighted by Crippen LogP contribution is 2.23. The van der Waals surface area contributed by atoms with Crippen LogP contribution in [0.1, 0.15) is 37.0 Å². The summed E-state index contributed by atoms with van der Waals surface area (Å²) in [6.45, 7) is 6.26. The quantitative estimate of drug-likeness (QED) is 0.917. The first-order valence-corrected chi connectivity index (χ1v) is 6.01. The predicted molar refractivity (Wildman–Crippen MR) is 69.9 cm³/mol. The second-order valence-electron chi connectivity index (χ2n) is 5.62. The molecule has 0 amide bonds. The Morgan fingerprint density at radius 3 is 2.68 bits per heavy atom. The van der Waals surface area contributed by atoms with Gasteiger partial charge < -0.3 is 9.52 Å². The standard InChI is InChI=1S/C14H16N2O3/c1-14(2,3)8-11-15-16-12(19-11)9-5-4-6-10(7-9)13(17)18/h4-7H,8H2,1-3H3,(H,17,18). The Bertz CT molecular complexity index is 597. The molecule has 2 aromatic rings. The third kappa shape index (κ3) is 3.40. The molecule has 5 heteroatoms. The number of rotatable bonds is 3. The van der Waals surface area contributed by atoms with Crippen LogP contribution >= 0.6 is 0 Å². The van der Waals surface area contributed by atoms with Gasteiger partial charge in [0.25, 0.3) is 0 Å². The molecule has 1 heterocycles. The van der Waals surface area contributed by atoms with Gasteiger partial charge in [-0.05, 0) is 23.6 Å². The molecule has 0 aliphatic rings. The van der Waals surface area contributed by atoms with Crippen molar-refractivity contribution in [2.45, 2.75) is 27.2 Å². The normalized spacial score (nSPS) is 11.5. The summed E-state index contributed by atoms with van der Waals surface area (Å²) in [4.78, 5) is 10.9. The average molecular weight is 260 g/mol. The Labute approximate surface area is 111 Å². The van der Waals surface area contributed by atoms with Crippen LogP contribution in [0.15, 0.2) is 28.7 Å². The summed E-state index contributed by atoms with van der Waals surface area (Å²) < 4.78 is 5.57. The smallest absolute Gasteiger partial charge is 0.335 e. The Kier molecular flexibility index (Phi) is 3.38. The van der Waals surface area contributed by atoms with Crippen LogP contribution in [0, 0.1) is 5.41 Å². The summed E-state index contributed by atoms with van der Waals surface area (Å²) >= 11 is 0. The molecule has 0 aliphatic heterocycles. The van der Waals surface area contributed by atoms with Gasteiger partial charge in [-0.1, -0.05) is 26.8 Å². The van der Waals surface area contributed by atoms with Crippen LogP contribution in [0.25, 0.3) is 11.5 Å². The van der Waals surface area contributed by atoms with Gasteiger partial charge in [0.1, 0.15) is 0 Å². The molecule has 5 nitrogen and oxygen atoms in total. The van der Waals surface area contributed by atoms with Gasteiger partial charge in [0, 0.05) is 12.0 Å². The third-order valence-corrected chi connectivity index (χ3v) is 2.50. The number of aromatic carboxylic acids is 1. The maximum absolute atomic E-state index is 10.9. The molecule has 19 heavy (non-hydrogen) atoms. The Morgan fingerprint density at radius 2 is 2.05 bits per heavy atom. The second kappa shape index (κ2) is 4.84. The summed E-state index contributed by atoms with van der Waals surface area (Å²) in [5.41, 5.74) is 0.882. The van der Waals surface area contributed by atoms with Crippen LogP contribution in [-0.2, 0) is 6.42 Å². The first-order valence-electron chi connectivity index (χ1n) is 6.01. The summed E-state index contributed by atoms with van der Waals surface area (Å²) in [7, 11) is 0. The van der Waals surface area contributed by atoms with Crippen molar-refractivity contribution in [2.75, 3.05) is 0 Å². The fraction of sp³-hybridized carbons (Fsp3) is 0.357. The summed E-state index contributed by atoms with van der Waals surface area (Å²) in [6.07, 6.45) is 0.679. The number of benzene rings is 1. The minimum atomic E-state index is -0.976. The fourth-order valence-corrected chi connectivity index (χ4v) is 1.68. The van der Waals surface area contributed by atoms with Crippen molar-refractivity contribution in [3.05, 3.63) is 35.7 Å². The molecular weight excluding hydrogens is 244 g/mol. The first-order chi connectivity index (χ1) is 8.85. The highest BCUT2D eigenvalue weighted by atomic mass is 16.4. The van der Waals surface area contributed by atoms with Crippen molar-refractivity contribution in [2.24, 2.45) is 5.41 Å². The lowest BCUT2D eigenvalue weighted by atomic mass is 9.92. The van der Waals surface area contributed by atoms with Gasteiger partial charge in [0.15, 0.2) is 0 Å². The van der Waals surface area contributed by atoms with E-state index in [0.29, 0.717) is 23.8 Å². The van der Waals surface area contributed by atoms with Gasteiger partial charge in [-0.3, -0.25) is 0 Å². The van der Waals surface area contributed by atoms with Gasteiger partial charge >= 0.3 is 5.97 Å². The van der Waals surface area contributed by atoms with Gasteiger partial charge in [-0.2, -0.15) is 0 Å². The van der Waals surface area contributed by atoms with E-state index in [2.05, 4.69) is 31.0 Å². The topological polar surface area (TPSA) is 76.2 Å². The molecule has 0 atom stereocenters. The van der Waals surface area contributed by atoms with Crippen LogP contribution in [-0.4, -0.2) is 21.3 Å². The highest BCUT2D eigenvalue weighted by molar-refractivity contribution is 5.88. The number of carboxylic acids is 1. The molecule has 0 fully saturated rings. The minimum Gasteiger partial charge on any atom is -0.478 e. The number of hydrogen-bond acceptors (Lipinski definition) is 4. The van der Waals surface area contributed by atoms with E-state index < -0.39 is 5.97 Å². The van der Waals surface area contributed by atoms with Crippen molar-refractivity contribution in [3.8, 4) is 11.5 Å². The largest absolute Gasteiger partial charge is 0.478 e. The van der Waals surface area contributed by atoms with Crippen LogP contribution < -0.4 is 0 Å². The Hall–Kier alpha value is -2.17. The van der Waals surface area contributed by atoms with E-state index >= 15 is 0 Å². The molecule has 0 saturated heterocycles. The van der Waals surface area contributed by atoms with E-state index in [1.165, 1.54) is 12.1 Å². The van der Waals surface area contributed by atoms with Gasteiger partial charge in [-0.15, -0.1) is 10.2 Å². The number of hydrogen-bond donors (Lipinski definition) is 1. The molecule has 0 aliphatic carbocycles. The zero-order valence-corrected chi connectivity index (χ0v) is 11.2. The molecule has 1 aromatic heterocycles. The number of carbonyl (C=O) groups is 1. The van der Waals surface area contributed by atoms with Crippen molar-refractivity contribution in [1.82, 2.24) is 10.2 Å². The van der Waals surface area contributed by atoms with E-state index in [4.69, 9.17) is 9.52 Å². The summed E-state index contributed by atoms with van der Waals surface area (Å²) in [5.74, 6) is -0.0677. The van der Waals surface area contributed by atoms with Crippen molar-refractivity contribution >= 4 is 5.97 Å². The molecular formula is C14H16N2O3. The van der Waals surface area contributed by atoms with Crippen LogP contribution in [0.3, 0.4) is 0 Å². The van der Waals surface area contributed by atoms with E-state index in [0.717, 1.165) is 0 Å². The van der Waals surface area contributed by atoms with Crippen molar-refractivity contribution in [3.63, 3.8) is 0 Å². The Morgan fingerprint density at radius 1 is 1.32 bits per heavy atom. The van der Waals surface area contributed by atoms with E-state index in [1.54, 1.807) is 12.1 Å². The average Bonchev–Trinajstić information content (AvgIpc) is 2.75. The number of nitrogens with zero attached hydrogens (tertiary/aromatic N) is 2. The first kappa shape index (κ1) is 13.3. The van der Waals surface area contributed by atoms with Gasteiger partial charge in [0.2, 0.25) is 11.8 Å². The van der Waals surface area contributed by atoms with Crippen LogP contribution in [0.2, 0.25) is 0 Å². The van der Waals surface area contributed by atoms with E-state index in [9.17, 15) is 4.79 Å². The van der Waals surface area contributed by atoms with Crippen molar-refractivity contribution in [1.29, 1.82) is 0 Å². The van der Waals surface area contributed by atoms with E-state index in [-0.39, 0.29) is 11.0 Å². The number of carboxylic acid groups (broad SMARTS) is 1. The SMILES string of the molecule is CC(C)(C)Cc1nnc(-c2cccc(C(=O)O)c2)o1. The van der Waals surface area contributed by atoms with Gasteiger partial charge in [-0.25, -0.2) is 4.79 Å². The lowest BCUT2D eigenvalue weighted by Gasteiger charge is -2.14. The third-order valence-electron chi connectivity index (χ3n) is 2.50. The maximum atomic E-state index is 10.9. The molecule has 1 N–H and O–H groups in total. The minimum absolute atomic E-state index is 0.0622. The van der Waals surface area contributed by atoms with Crippen LogP contribution in [0.5, 0.6) is 0 Å². The fourth-order valence-electron chi connectivity index (χ4n) is 1.68. The molecule has 1 aromatic carbocycles. The maximum Gasteiger partial charge on any atom is 0.335 e. The van der Waals surface area contributed by atoms with Gasteiger partial charge in [0.05, 0.1) is 5.56 Å². The molecule has 0 bridgehead atoms. The monoisotopic (exact) mass is 260 g/mol. The molecule has 100 valence electrons. The molecule has 0 spiro atoms. The highest BCUT2D eigenvalue weighted by Gasteiger charge is 2.17. The Balaban J connectivity index is 2.28. The number of aromatic nitrogens is 2. The molecule has 0 unspecified atom stereocenters. The molecule has 0 radical (unpaired) electrons. The zero-order valence-electron chi connectivity index (χ0n) is 11.2. The predicted octanol–water partition coefficient (Wildman–Crippen LogP) is 3.02. The zero-order chi connectivity index (χ0) is 14.0.